The van der Waals surface area contributed by atoms with Crippen molar-refractivity contribution in [3.05, 3.63) is 12.2 Å². The highest BCUT2D eigenvalue weighted by molar-refractivity contribution is 5.69. The number of carbonyl (C=O) groups is 2. The Bertz CT molecular complexity index is 561. The van der Waals surface area contributed by atoms with Gasteiger partial charge in [0.1, 0.15) is 6.61 Å². The van der Waals surface area contributed by atoms with Crippen LogP contribution < -0.4 is 0 Å². The van der Waals surface area contributed by atoms with Crippen LogP contribution in [-0.2, 0) is 28.5 Å². The molecule has 0 saturated carbocycles. The fourth-order valence-electron chi connectivity index (χ4n) is 3.39. The summed E-state index contributed by atoms with van der Waals surface area (Å²) in [7, 11) is 0. The third-order valence-electron chi connectivity index (χ3n) is 5.78. The van der Waals surface area contributed by atoms with Crippen molar-refractivity contribution in [3.63, 3.8) is 0 Å². The number of aliphatic hydroxyl groups excluding tert-OH is 1. The highest BCUT2D eigenvalue weighted by Crippen LogP contribution is 2.29. The molecule has 1 N–H and O–H groups in total. The van der Waals surface area contributed by atoms with E-state index in [1.165, 1.54) is 19.3 Å². The van der Waals surface area contributed by atoms with Crippen LogP contribution >= 0.6 is 0 Å². The van der Waals surface area contributed by atoms with Crippen LogP contribution in [0.15, 0.2) is 12.2 Å². The van der Waals surface area contributed by atoms with Crippen LogP contribution in [0, 0.1) is 5.41 Å². The van der Waals surface area contributed by atoms with Gasteiger partial charge in [0, 0.05) is 12.8 Å². The molecule has 1 aliphatic rings. The molecule has 0 aromatic heterocycles. The average molecular weight is 471 g/mol. The highest BCUT2D eigenvalue weighted by atomic mass is 16.7. The Morgan fingerprint density at radius 1 is 0.848 bits per heavy atom. The molecule has 0 unspecified atom stereocenters. The van der Waals surface area contributed by atoms with E-state index in [1.807, 2.05) is 13.8 Å². The molecule has 0 radical (unpaired) electrons. The van der Waals surface area contributed by atoms with E-state index in [2.05, 4.69) is 19.1 Å². The van der Waals surface area contributed by atoms with Crippen molar-refractivity contribution in [2.24, 2.45) is 5.41 Å². The molecule has 1 rings (SSSR count). The Balaban J connectivity index is 1.97. The Hall–Kier alpha value is -1.44. The maximum absolute atomic E-state index is 12.0. The maximum atomic E-state index is 12.0. The molecular formula is C26H46O7. The second-order valence-corrected chi connectivity index (χ2v) is 9.54. The maximum Gasteiger partial charge on any atom is 0.305 e. The number of allylic oxidation sites excluding steroid dienone is 1. The molecule has 7 heteroatoms. The van der Waals surface area contributed by atoms with Gasteiger partial charge in [-0.05, 0) is 46.0 Å². The predicted octanol–water partition coefficient (Wildman–Crippen LogP) is 5.09. The number of unbranched alkanes of at least 4 members (excludes halogenated alkanes) is 7. The summed E-state index contributed by atoms with van der Waals surface area (Å²) in [5, 5.41) is 9.68. The molecule has 0 amide bonds. The van der Waals surface area contributed by atoms with E-state index in [0.717, 1.165) is 44.9 Å². The van der Waals surface area contributed by atoms with Gasteiger partial charge in [-0.3, -0.25) is 9.59 Å². The van der Waals surface area contributed by atoms with Crippen LogP contribution in [-0.4, -0.2) is 55.9 Å². The third-order valence-corrected chi connectivity index (χ3v) is 5.78. The standard InChI is InChI=1S/C26H46O7/c1-4-5-6-7-8-12-15-18-30-23(28)16-13-10-9-11-14-17-24(29)31-20-26(19-27)21-32-25(2,3)33-22-26/h8,12,27H,4-7,9-11,13-22H2,1-3H3/b12-8-. The number of ether oxygens (including phenoxy) is 4. The first-order valence-corrected chi connectivity index (χ1v) is 12.7. The van der Waals surface area contributed by atoms with E-state index in [1.54, 1.807) is 0 Å². The Morgan fingerprint density at radius 3 is 2.03 bits per heavy atom. The molecular weight excluding hydrogens is 424 g/mol. The van der Waals surface area contributed by atoms with E-state index in [9.17, 15) is 14.7 Å². The molecule has 0 spiro atoms. The minimum absolute atomic E-state index is 0.0924. The average Bonchev–Trinajstić information content (AvgIpc) is 2.80. The molecule has 0 atom stereocenters. The van der Waals surface area contributed by atoms with Crippen LogP contribution in [0.25, 0.3) is 0 Å². The number of hydrogen-bond acceptors (Lipinski definition) is 7. The number of rotatable bonds is 18. The van der Waals surface area contributed by atoms with Gasteiger partial charge in [-0.1, -0.05) is 51.2 Å². The van der Waals surface area contributed by atoms with Gasteiger partial charge in [0.2, 0.25) is 0 Å². The van der Waals surface area contributed by atoms with Crippen molar-refractivity contribution in [3.8, 4) is 0 Å². The molecule has 0 aliphatic carbocycles. The van der Waals surface area contributed by atoms with Gasteiger partial charge in [-0.2, -0.15) is 0 Å². The fraction of sp³-hybridized carbons (Fsp3) is 0.846. The van der Waals surface area contributed by atoms with E-state index in [-0.39, 0.29) is 25.2 Å². The van der Waals surface area contributed by atoms with Gasteiger partial charge in [0.25, 0.3) is 0 Å². The molecule has 192 valence electrons. The van der Waals surface area contributed by atoms with Crippen molar-refractivity contribution in [1.29, 1.82) is 0 Å². The van der Waals surface area contributed by atoms with Crippen LogP contribution in [0.2, 0.25) is 0 Å². The smallest absolute Gasteiger partial charge is 0.305 e. The molecule has 1 aliphatic heterocycles. The lowest BCUT2D eigenvalue weighted by atomic mass is 9.91. The van der Waals surface area contributed by atoms with E-state index >= 15 is 0 Å². The van der Waals surface area contributed by atoms with Crippen molar-refractivity contribution < 1.29 is 33.6 Å². The van der Waals surface area contributed by atoms with Crippen molar-refractivity contribution in [1.82, 2.24) is 0 Å². The van der Waals surface area contributed by atoms with E-state index in [0.29, 0.717) is 32.7 Å². The van der Waals surface area contributed by atoms with Crippen molar-refractivity contribution in [2.75, 3.05) is 33.0 Å². The summed E-state index contributed by atoms with van der Waals surface area (Å²) >= 11 is 0. The summed E-state index contributed by atoms with van der Waals surface area (Å²) in [5.41, 5.74) is -0.690. The van der Waals surface area contributed by atoms with E-state index in [4.69, 9.17) is 18.9 Å². The van der Waals surface area contributed by atoms with E-state index < -0.39 is 11.2 Å². The van der Waals surface area contributed by atoms with Crippen LogP contribution in [0.1, 0.15) is 97.8 Å². The van der Waals surface area contributed by atoms with Crippen molar-refractivity contribution >= 4 is 11.9 Å². The van der Waals surface area contributed by atoms with Gasteiger partial charge in [0.15, 0.2) is 5.79 Å². The van der Waals surface area contributed by atoms with Crippen LogP contribution in [0.3, 0.4) is 0 Å². The number of esters is 2. The van der Waals surface area contributed by atoms with Crippen LogP contribution in [0.5, 0.6) is 0 Å². The molecule has 1 heterocycles. The summed E-state index contributed by atoms with van der Waals surface area (Å²) in [6.45, 7) is 6.81. The molecule has 0 aromatic rings. The Morgan fingerprint density at radius 2 is 1.42 bits per heavy atom. The Labute approximate surface area is 200 Å². The Kier molecular flexibility index (Phi) is 15.3. The summed E-state index contributed by atoms with van der Waals surface area (Å²) in [5.74, 6) is -1.07. The fourth-order valence-corrected chi connectivity index (χ4v) is 3.39. The first-order chi connectivity index (χ1) is 15.8. The summed E-state index contributed by atoms with van der Waals surface area (Å²) in [6.07, 6.45) is 15.1. The third kappa shape index (κ3) is 14.4. The summed E-state index contributed by atoms with van der Waals surface area (Å²) in [6, 6.07) is 0. The number of aliphatic hydroxyl groups is 1. The number of hydrogen-bond donors (Lipinski definition) is 1. The lowest BCUT2D eigenvalue weighted by Crippen LogP contribution is -2.51. The zero-order chi connectivity index (χ0) is 24.4. The molecule has 0 bridgehead atoms. The molecule has 1 saturated heterocycles. The van der Waals surface area contributed by atoms with Crippen molar-refractivity contribution in [2.45, 2.75) is 104 Å². The second-order valence-electron chi connectivity index (χ2n) is 9.54. The quantitative estimate of drug-likeness (QED) is 0.169. The lowest BCUT2D eigenvalue weighted by molar-refractivity contribution is -0.295. The van der Waals surface area contributed by atoms with Gasteiger partial charge in [-0.25, -0.2) is 0 Å². The predicted molar refractivity (Wildman–Crippen MR) is 128 cm³/mol. The molecule has 33 heavy (non-hydrogen) atoms. The minimum atomic E-state index is -0.690. The van der Waals surface area contributed by atoms with Gasteiger partial charge >= 0.3 is 11.9 Å². The second kappa shape index (κ2) is 17.1. The SMILES string of the molecule is CCCCC/C=C\CCOC(=O)CCCCCCCC(=O)OCC1(CO)COC(C)(C)OC1. The molecule has 1 fully saturated rings. The van der Waals surface area contributed by atoms with Gasteiger partial charge in [0.05, 0.1) is 31.8 Å². The summed E-state index contributed by atoms with van der Waals surface area (Å²) < 4.78 is 21.8. The normalized spacial score (nSPS) is 17.2. The minimum Gasteiger partial charge on any atom is -0.465 e. The highest BCUT2D eigenvalue weighted by Gasteiger charge is 2.41. The summed E-state index contributed by atoms with van der Waals surface area (Å²) in [4.78, 5) is 23.8. The number of carbonyl (C=O) groups excluding carboxylic acids is 2. The zero-order valence-electron chi connectivity index (χ0n) is 21.1. The first-order valence-electron chi connectivity index (χ1n) is 12.7. The van der Waals surface area contributed by atoms with Gasteiger partial charge < -0.3 is 24.1 Å². The monoisotopic (exact) mass is 470 g/mol. The zero-order valence-corrected chi connectivity index (χ0v) is 21.1. The first kappa shape index (κ1) is 29.6. The molecule has 0 aromatic carbocycles. The topological polar surface area (TPSA) is 91.3 Å². The lowest BCUT2D eigenvalue weighted by Gasteiger charge is -2.41. The molecule has 7 nitrogen and oxygen atoms in total. The van der Waals surface area contributed by atoms with Gasteiger partial charge in [-0.15, -0.1) is 0 Å². The largest absolute Gasteiger partial charge is 0.465 e. The van der Waals surface area contributed by atoms with Crippen LogP contribution in [0.4, 0.5) is 0 Å².